The van der Waals surface area contributed by atoms with Crippen molar-refractivity contribution in [1.82, 2.24) is 14.9 Å². The lowest BCUT2D eigenvalue weighted by Crippen LogP contribution is -2.40. The molecule has 1 aliphatic carbocycles. The van der Waals surface area contributed by atoms with E-state index in [0.29, 0.717) is 6.04 Å². The highest BCUT2D eigenvalue weighted by atomic mass is 79.9. The van der Waals surface area contributed by atoms with Crippen molar-refractivity contribution in [2.24, 2.45) is 5.92 Å². The first kappa shape index (κ1) is 17.2. The smallest absolute Gasteiger partial charge is 0.137 e. The van der Waals surface area contributed by atoms with Gasteiger partial charge in [0.05, 0.1) is 18.7 Å². The van der Waals surface area contributed by atoms with Gasteiger partial charge in [0, 0.05) is 35.5 Å². The summed E-state index contributed by atoms with van der Waals surface area (Å²) in [6, 6.07) is 6.67. The minimum atomic E-state index is 0.512. The Labute approximate surface area is 157 Å². The summed E-state index contributed by atoms with van der Waals surface area (Å²) in [5.41, 5.74) is 0.988. The molecule has 5 nitrogen and oxygen atoms in total. The van der Waals surface area contributed by atoms with Gasteiger partial charge >= 0.3 is 0 Å². The zero-order valence-electron chi connectivity index (χ0n) is 14.5. The average molecular weight is 405 g/mol. The molecular formula is C19H25BrN4O. The number of hydrogen-bond donors (Lipinski definition) is 1. The fourth-order valence-electron chi connectivity index (χ4n) is 3.98. The maximum Gasteiger partial charge on any atom is 0.137 e. The Balaban J connectivity index is 1.35. The summed E-state index contributed by atoms with van der Waals surface area (Å²) < 4.78 is 6.51. The molecule has 1 N–H and O–H groups in total. The van der Waals surface area contributed by atoms with Crippen molar-refractivity contribution in [2.75, 3.05) is 38.2 Å². The number of benzene rings is 1. The third-order valence-corrected chi connectivity index (χ3v) is 5.90. The van der Waals surface area contributed by atoms with Gasteiger partial charge in [-0.2, -0.15) is 0 Å². The van der Waals surface area contributed by atoms with Gasteiger partial charge in [-0.05, 0) is 49.8 Å². The summed E-state index contributed by atoms with van der Waals surface area (Å²) in [4.78, 5) is 11.4. The molecule has 1 saturated heterocycles. The number of morpholine rings is 1. The summed E-state index contributed by atoms with van der Waals surface area (Å²) in [5.74, 6) is 1.79. The molecule has 1 aliphatic heterocycles. The average Bonchev–Trinajstić information content (AvgIpc) is 2.65. The highest BCUT2D eigenvalue weighted by Gasteiger charge is 2.24. The Hall–Kier alpha value is -1.24. The molecule has 0 unspecified atom stereocenters. The van der Waals surface area contributed by atoms with E-state index in [4.69, 9.17) is 4.74 Å². The van der Waals surface area contributed by atoms with E-state index in [2.05, 4.69) is 42.2 Å². The normalized spacial score (nSPS) is 25.2. The van der Waals surface area contributed by atoms with Crippen LogP contribution in [0, 0.1) is 5.92 Å². The Morgan fingerprint density at radius 1 is 1.12 bits per heavy atom. The predicted octanol–water partition coefficient (Wildman–Crippen LogP) is 3.70. The first-order chi connectivity index (χ1) is 12.3. The highest BCUT2D eigenvalue weighted by Crippen LogP contribution is 2.29. The lowest BCUT2D eigenvalue weighted by atomic mass is 9.85. The van der Waals surface area contributed by atoms with E-state index in [1.165, 1.54) is 32.2 Å². The molecule has 134 valence electrons. The van der Waals surface area contributed by atoms with E-state index in [1.54, 1.807) is 6.33 Å². The molecule has 1 saturated carbocycles. The quantitative estimate of drug-likeness (QED) is 0.841. The topological polar surface area (TPSA) is 50.3 Å². The van der Waals surface area contributed by atoms with Crippen LogP contribution in [0.15, 0.2) is 29.0 Å². The molecule has 2 aliphatic rings. The highest BCUT2D eigenvalue weighted by molar-refractivity contribution is 9.10. The van der Waals surface area contributed by atoms with Crippen LogP contribution < -0.4 is 5.32 Å². The molecule has 0 spiro atoms. The number of fused-ring (bicyclic) bond motifs is 1. The molecule has 25 heavy (non-hydrogen) atoms. The van der Waals surface area contributed by atoms with Crippen LogP contribution in [0.2, 0.25) is 0 Å². The molecule has 0 atom stereocenters. The van der Waals surface area contributed by atoms with Gasteiger partial charge in [-0.15, -0.1) is 0 Å². The number of halogens is 1. The van der Waals surface area contributed by atoms with Crippen molar-refractivity contribution in [3.05, 3.63) is 29.0 Å². The van der Waals surface area contributed by atoms with Gasteiger partial charge in [0.25, 0.3) is 0 Å². The second-order valence-corrected chi connectivity index (χ2v) is 8.07. The van der Waals surface area contributed by atoms with Gasteiger partial charge < -0.3 is 10.1 Å². The molecule has 2 aromatic rings. The Morgan fingerprint density at radius 2 is 1.92 bits per heavy atom. The maximum atomic E-state index is 5.45. The van der Waals surface area contributed by atoms with Gasteiger partial charge in [0.1, 0.15) is 12.1 Å². The first-order valence-corrected chi connectivity index (χ1v) is 10.0. The van der Waals surface area contributed by atoms with Gasteiger partial charge in [0.15, 0.2) is 0 Å². The predicted molar refractivity (Wildman–Crippen MR) is 104 cm³/mol. The molecule has 6 heteroatoms. The van der Waals surface area contributed by atoms with E-state index in [-0.39, 0.29) is 0 Å². The monoisotopic (exact) mass is 404 g/mol. The number of anilines is 1. The number of rotatable bonds is 4. The van der Waals surface area contributed by atoms with E-state index < -0.39 is 0 Å². The molecular weight excluding hydrogens is 380 g/mol. The van der Waals surface area contributed by atoms with E-state index in [0.717, 1.165) is 53.4 Å². The van der Waals surface area contributed by atoms with Crippen molar-refractivity contribution in [2.45, 2.75) is 31.7 Å². The van der Waals surface area contributed by atoms with Gasteiger partial charge in [-0.1, -0.05) is 15.9 Å². The van der Waals surface area contributed by atoms with Crippen LogP contribution >= 0.6 is 15.9 Å². The second-order valence-electron chi connectivity index (χ2n) is 7.16. The van der Waals surface area contributed by atoms with E-state index in [9.17, 15) is 0 Å². The molecule has 4 rings (SSSR count). The molecule has 2 heterocycles. The van der Waals surface area contributed by atoms with Crippen molar-refractivity contribution in [3.8, 4) is 0 Å². The minimum Gasteiger partial charge on any atom is -0.379 e. The van der Waals surface area contributed by atoms with Crippen molar-refractivity contribution >= 4 is 32.7 Å². The van der Waals surface area contributed by atoms with Crippen LogP contribution in [0.4, 0.5) is 5.82 Å². The fraction of sp³-hybridized carbons (Fsp3) is 0.579. The fourth-order valence-corrected chi connectivity index (χ4v) is 4.34. The largest absolute Gasteiger partial charge is 0.379 e. The van der Waals surface area contributed by atoms with Crippen LogP contribution in [0.5, 0.6) is 0 Å². The Bertz CT molecular complexity index is 712. The maximum absolute atomic E-state index is 5.45. The Kier molecular flexibility index (Phi) is 5.48. The summed E-state index contributed by atoms with van der Waals surface area (Å²) in [6.07, 6.45) is 6.68. The SMILES string of the molecule is Brc1ccc2ncnc(NC3CCC(CN4CCOCC4)CC3)c2c1. The van der Waals surface area contributed by atoms with Gasteiger partial charge in [-0.3, -0.25) is 4.90 Å². The van der Waals surface area contributed by atoms with Gasteiger partial charge in [0.2, 0.25) is 0 Å². The summed E-state index contributed by atoms with van der Waals surface area (Å²) in [5, 5.41) is 4.76. The summed E-state index contributed by atoms with van der Waals surface area (Å²) in [7, 11) is 0. The van der Waals surface area contributed by atoms with Crippen LogP contribution in [0.1, 0.15) is 25.7 Å². The molecule has 0 amide bonds. The minimum absolute atomic E-state index is 0.512. The zero-order chi connectivity index (χ0) is 17.1. The van der Waals surface area contributed by atoms with Crippen LogP contribution in [-0.4, -0.2) is 53.8 Å². The van der Waals surface area contributed by atoms with Crippen LogP contribution in [0.25, 0.3) is 10.9 Å². The molecule has 2 fully saturated rings. The van der Waals surface area contributed by atoms with Crippen LogP contribution in [0.3, 0.4) is 0 Å². The zero-order valence-corrected chi connectivity index (χ0v) is 16.0. The molecule has 1 aromatic heterocycles. The van der Waals surface area contributed by atoms with Crippen molar-refractivity contribution < 1.29 is 4.74 Å². The standard InChI is InChI=1S/C19H25BrN4O/c20-15-3-6-18-17(11-15)19(22-13-21-18)23-16-4-1-14(2-5-16)12-24-7-9-25-10-8-24/h3,6,11,13-14,16H,1-2,4-5,7-10,12H2,(H,21,22,23). The van der Waals surface area contributed by atoms with E-state index in [1.807, 2.05) is 12.1 Å². The van der Waals surface area contributed by atoms with E-state index >= 15 is 0 Å². The second kappa shape index (κ2) is 7.98. The number of nitrogens with zero attached hydrogens (tertiary/aromatic N) is 3. The van der Waals surface area contributed by atoms with Gasteiger partial charge in [-0.25, -0.2) is 9.97 Å². The number of hydrogen-bond acceptors (Lipinski definition) is 5. The third kappa shape index (κ3) is 4.30. The number of ether oxygens (including phenoxy) is 1. The molecule has 0 radical (unpaired) electrons. The lowest BCUT2D eigenvalue weighted by Gasteiger charge is -2.34. The van der Waals surface area contributed by atoms with Crippen LogP contribution in [-0.2, 0) is 4.74 Å². The molecule has 1 aromatic carbocycles. The Morgan fingerprint density at radius 3 is 2.72 bits per heavy atom. The summed E-state index contributed by atoms with van der Waals surface area (Å²) in [6.45, 7) is 5.22. The van der Waals surface area contributed by atoms with Crippen molar-refractivity contribution in [1.29, 1.82) is 0 Å². The van der Waals surface area contributed by atoms with Crippen molar-refractivity contribution in [3.63, 3.8) is 0 Å². The summed E-state index contributed by atoms with van der Waals surface area (Å²) >= 11 is 3.55. The number of aromatic nitrogens is 2. The third-order valence-electron chi connectivity index (χ3n) is 5.41. The first-order valence-electron chi connectivity index (χ1n) is 9.25. The lowest BCUT2D eigenvalue weighted by molar-refractivity contribution is 0.0276. The molecule has 0 bridgehead atoms. The number of nitrogens with one attached hydrogen (secondary N) is 1.